The molecule has 4 nitrogen and oxygen atoms in total. The van der Waals surface area contributed by atoms with Crippen LogP contribution in [0.5, 0.6) is 0 Å². The van der Waals surface area contributed by atoms with Gasteiger partial charge in [0.25, 0.3) is 0 Å². The highest BCUT2D eigenvalue weighted by Gasteiger charge is 2.29. The zero-order chi connectivity index (χ0) is 14.5. The van der Waals surface area contributed by atoms with E-state index in [0.717, 1.165) is 6.54 Å². The smallest absolute Gasteiger partial charge is 0.320 e. The maximum atomic E-state index is 11.1. The lowest BCUT2D eigenvalue weighted by Crippen LogP contribution is -2.42. The van der Waals surface area contributed by atoms with Crippen molar-refractivity contribution in [2.75, 3.05) is 20.1 Å². The van der Waals surface area contributed by atoms with Crippen LogP contribution in [0.15, 0.2) is 0 Å². The molecule has 1 aliphatic carbocycles. The molecule has 4 heteroatoms. The van der Waals surface area contributed by atoms with Gasteiger partial charge in [0.15, 0.2) is 0 Å². The predicted molar refractivity (Wildman–Crippen MR) is 78.4 cm³/mol. The molecule has 0 amide bonds. The Labute approximate surface area is 117 Å². The second kappa shape index (κ2) is 7.25. The van der Waals surface area contributed by atoms with Crippen molar-refractivity contribution in [3.05, 3.63) is 0 Å². The van der Waals surface area contributed by atoms with Crippen molar-refractivity contribution >= 4 is 5.97 Å². The molecule has 0 spiro atoms. The Morgan fingerprint density at radius 1 is 1.42 bits per heavy atom. The van der Waals surface area contributed by atoms with Crippen molar-refractivity contribution in [2.45, 2.75) is 65.0 Å². The van der Waals surface area contributed by atoms with Gasteiger partial charge in [-0.15, -0.1) is 0 Å². The van der Waals surface area contributed by atoms with Crippen LogP contribution >= 0.6 is 0 Å². The molecular formula is C15H30N2O2. The zero-order valence-electron chi connectivity index (χ0n) is 12.9. The van der Waals surface area contributed by atoms with Crippen molar-refractivity contribution in [1.82, 2.24) is 10.2 Å². The summed E-state index contributed by atoms with van der Waals surface area (Å²) in [6.07, 6.45) is 5.71. The maximum Gasteiger partial charge on any atom is 0.320 e. The quantitative estimate of drug-likeness (QED) is 0.745. The molecular weight excluding hydrogens is 240 g/mol. The summed E-state index contributed by atoms with van der Waals surface area (Å²) in [4.78, 5) is 13.4. The van der Waals surface area contributed by atoms with Crippen LogP contribution in [0.25, 0.3) is 0 Å². The Morgan fingerprint density at radius 2 is 2.00 bits per heavy atom. The number of hydrogen-bond donors (Lipinski definition) is 2. The van der Waals surface area contributed by atoms with Crippen molar-refractivity contribution < 1.29 is 9.90 Å². The van der Waals surface area contributed by atoms with E-state index in [2.05, 4.69) is 31.1 Å². The first-order valence-corrected chi connectivity index (χ1v) is 7.52. The van der Waals surface area contributed by atoms with E-state index in [1.54, 1.807) is 0 Å². The summed E-state index contributed by atoms with van der Waals surface area (Å²) in [5.74, 6) is -0.736. The van der Waals surface area contributed by atoms with Crippen LogP contribution in [0.1, 0.15) is 52.9 Å². The molecule has 1 rings (SSSR count). The lowest BCUT2D eigenvalue weighted by Gasteiger charge is -2.38. The number of carboxylic acid groups (broad SMARTS) is 1. The Morgan fingerprint density at radius 3 is 2.47 bits per heavy atom. The molecule has 112 valence electrons. The minimum absolute atomic E-state index is 0.410. The van der Waals surface area contributed by atoms with Crippen LogP contribution in [0.4, 0.5) is 0 Å². The molecule has 0 aromatic heterocycles. The Kier molecular flexibility index (Phi) is 6.27. The maximum absolute atomic E-state index is 11.1. The highest BCUT2D eigenvalue weighted by atomic mass is 16.4. The SMILES string of the molecule is CCNC(CCN(C)C1CCC(C)(C)CC1)C(=O)O. The van der Waals surface area contributed by atoms with Crippen molar-refractivity contribution in [3.63, 3.8) is 0 Å². The van der Waals surface area contributed by atoms with Gasteiger partial charge >= 0.3 is 5.97 Å². The fraction of sp³-hybridized carbons (Fsp3) is 0.933. The number of carboxylic acids is 1. The number of aliphatic carboxylic acids is 1. The number of nitrogens with zero attached hydrogens (tertiary/aromatic N) is 1. The minimum atomic E-state index is -0.736. The third-order valence-electron chi connectivity index (χ3n) is 4.45. The fourth-order valence-corrected chi connectivity index (χ4v) is 2.90. The van der Waals surface area contributed by atoms with E-state index >= 15 is 0 Å². The molecule has 0 radical (unpaired) electrons. The third kappa shape index (κ3) is 5.49. The molecule has 0 bridgehead atoms. The second-order valence-corrected chi connectivity index (χ2v) is 6.61. The largest absolute Gasteiger partial charge is 0.480 e. The van der Waals surface area contributed by atoms with Crippen LogP contribution in [-0.2, 0) is 4.79 Å². The van der Waals surface area contributed by atoms with Crippen LogP contribution < -0.4 is 5.32 Å². The molecule has 0 aliphatic heterocycles. The number of nitrogens with one attached hydrogen (secondary N) is 1. The molecule has 1 fully saturated rings. The topological polar surface area (TPSA) is 52.6 Å². The molecule has 1 saturated carbocycles. The molecule has 0 saturated heterocycles. The van der Waals surface area contributed by atoms with Gasteiger partial charge in [-0.3, -0.25) is 4.79 Å². The van der Waals surface area contributed by atoms with Crippen molar-refractivity contribution in [2.24, 2.45) is 5.41 Å². The van der Waals surface area contributed by atoms with Gasteiger partial charge in [-0.05, 0) is 51.1 Å². The van der Waals surface area contributed by atoms with Gasteiger partial charge in [-0.2, -0.15) is 0 Å². The van der Waals surface area contributed by atoms with Gasteiger partial charge < -0.3 is 15.3 Å². The van der Waals surface area contributed by atoms with Gasteiger partial charge in [0.1, 0.15) is 6.04 Å². The van der Waals surface area contributed by atoms with E-state index in [1.165, 1.54) is 25.7 Å². The summed E-state index contributed by atoms with van der Waals surface area (Å²) in [6.45, 7) is 8.19. The van der Waals surface area contributed by atoms with Crippen molar-refractivity contribution in [1.29, 1.82) is 0 Å². The summed E-state index contributed by atoms with van der Waals surface area (Å²) < 4.78 is 0. The average molecular weight is 270 g/mol. The average Bonchev–Trinajstić information content (AvgIpc) is 2.33. The highest BCUT2D eigenvalue weighted by molar-refractivity contribution is 5.73. The first kappa shape index (κ1) is 16.4. The van der Waals surface area contributed by atoms with Gasteiger partial charge in [-0.25, -0.2) is 0 Å². The summed E-state index contributed by atoms with van der Waals surface area (Å²) in [7, 11) is 2.13. The summed E-state index contributed by atoms with van der Waals surface area (Å²) in [6, 6.07) is 0.219. The van der Waals surface area contributed by atoms with Crippen molar-refractivity contribution in [3.8, 4) is 0 Å². The van der Waals surface area contributed by atoms with Crippen LogP contribution in [-0.4, -0.2) is 48.2 Å². The van der Waals surface area contributed by atoms with Gasteiger partial charge in [-0.1, -0.05) is 20.8 Å². The normalized spacial score (nSPS) is 21.5. The Hall–Kier alpha value is -0.610. The molecule has 0 aromatic rings. The second-order valence-electron chi connectivity index (χ2n) is 6.61. The summed E-state index contributed by atoms with van der Waals surface area (Å²) >= 11 is 0. The molecule has 1 aliphatic rings. The van der Waals surface area contributed by atoms with E-state index in [-0.39, 0.29) is 0 Å². The first-order chi connectivity index (χ1) is 8.85. The molecule has 2 N–H and O–H groups in total. The zero-order valence-corrected chi connectivity index (χ0v) is 12.9. The van der Waals surface area contributed by atoms with Gasteiger partial charge in [0, 0.05) is 12.6 Å². The van der Waals surface area contributed by atoms with Crippen LogP contribution in [0.3, 0.4) is 0 Å². The van der Waals surface area contributed by atoms with E-state index in [9.17, 15) is 4.79 Å². The molecule has 1 atom stereocenters. The van der Waals surface area contributed by atoms with Crippen LogP contribution in [0, 0.1) is 5.41 Å². The number of rotatable bonds is 7. The Bertz CT molecular complexity index is 282. The summed E-state index contributed by atoms with van der Waals surface area (Å²) in [5.41, 5.74) is 0.491. The molecule has 19 heavy (non-hydrogen) atoms. The monoisotopic (exact) mass is 270 g/mol. The first-order valence-electron chi connectivity index (χ1n) is 7.52. The Balaban J connectivity index is 2.34. The molecule has 0 aromatic carbocycles. The van der Waals surface area contributed by atoms with E-state index in [0.29, 0.717) is 24.4 Å². The lowest BCUT2D eigenvalue weighted by molar-refractivity contribution is -0.139. The summed E-state index contributed by atoms with van der Waals surface area (Å²) in [5, 5.41) is 12.1. The molecule has 0 heterocycles. The fourth-order valence-electron chi connectivity index (χ4n) is 2.90. The standard InChI is InChI=1S/C15H30N2O2/c1-5-16-13(14(18)19)8-11-17(4)12-6-9-15(2,3)10-7-12/h12-13,16H,5-11H2,1-4H3,(H,18,19). The number of hydrogen-bond acceptors (Lipinski definition) is 3. The van der Waals surface area contributed by atoms with Gasteiger partial charge in [0.2, 0.25) is 0 Å². The third-order valence-corrected chi connectivity index (χ3v) is 4.45. The highest BCUT2D eigenvalue weighted by Crippen LogP contribution is 2.36. The van der Waals surface area contributed by atoms with Crippen LogP contribution in [0.2, 0.25) is 0 Å². The van der Waals surface area contributed by atoms with E-state index in [1.807, 2.05) is 6.92 Å². The number of carbonyl (C=O) groups is 1. The van der Waals surface area contributed by atoms with E-state index in [4.69, 9.17) is 5.11 Å². The number of likely N-dealkylation sites (N-methyl/N-ethyl adjacent to an activating group) is 1. The van der Waals surface area contributed by atoms with Gasteiger partial charge in [0.05, 0.1) is 0 Å². The van der Waals surface area contributed by atoms with E-state index < -0.39 is 12.0 Å². The predicted octanol–water partition coefficient (Wildman–Crippen LogP) is 2.34. The molecule has 1 unspecified atom stereocenters. The minimum Gasteiger partial charge on any atom is -0.480 e. The lowest BCUT2D eigenvalue weighted by atomic mass is 9.75.